The molecule has 200 valence electrons. The molecular formula is C25H29F3N4O5. The second-order valence-electron chi connectivity index (χ2n) is 10.3. The van der Waals surface area contributed by atoms with Gasteiger partial charge in [-0.3, -0.25) is 14.4 Å². The van der Waals surface area contributed by atoms with E-state index in [-0.39, 0.29) is 41.2 Å². The smallest absolute Gasteiger partial charge is 0.484 e. The maximum Gasteiger partial charge on any atom is 0.573 e. The van der Waals surface area contributed by atoms with Crippen molar-refractivity contribution in [1.29, 1.82) is 5.26 Å². The molecule has 2 aliphatic heterocycles. The first-order valence-corrected chi connectivity index (χ1v) is 12.2. The van der Waals surface area contributed by atoms with Crippen molar-refractivity contribution in [1.82, 2.24) is 15.5 Å². The second kappa shape index (κ2) is 10.1. The molecular weight excluding hydrogens is 493 g/mol. The third-order valence-electron chi connectivity index (χ3n) is 7.61. The highest BCUT2D eigenvalue weighted by molar-refractivity contribution is 5.90. The van der Waals surface area contributed by atoms with Crippen molar-refractivity contribution in [3.8, 4) is 17.6 Å². The summed E-state index contributed by atoms with van der Waals surface area (Å²) >= 11 is 0. The Morgan fingerprint density at radius 2 is 1.95 bits per heavy atom. The maximum absolute atomic E-state index is 13.3. The number of rotatable bonds is 8. The number of amides is 3. The Kier molecular flexibility index (Phi) is 7.26. The minimum absolute atomic E-state index is 0.0763. The molecule has 1 saturated carbocycles. The first kappa shape index (κ1) is 26.6. The van der Waals surface area contributed by atoms with Crippen molar-refractivity contribution in [3.05, 3.63) is 24.3 Å². The average molecular weight is 523 g/mol. The summed E-state index contributed by atoms with van der Waals surface area (Å²) in [5, 5.41) is 15.1. The molecule has 1 unspecified atom stereocenters. The van der Waals surface area contributed by atoms with Crippen LogP contribution in [0.25, 0.3) is 0 Å². The quantitative estimate of drug-likeness (QED) is 0.541. The lowest BCUT2D eigenvalue weighted by Gasteiger charge is -2.31. The number of piperidine rings is 2. The largest absolute Gasteiger partial charge is 0.573 e. The Morgan fingerprint density at radius 1 is 1.27 bits per heavy atom. The van der Waals surface area contributed by atoms with Crippen molar-refractivity contribution in [2.24, 2.45) is 23.2 Å². The molecule has 1 aliphatic carbocycles. The molecule has 2 saturated heterocycles. The first-order valence-electron chi connectivity index (χ1n) is 12.2. The lowest BCUT2D eigenvalue weighted by molar-refractivity contribution is -0.274. The zero-order chi connectivity index (χ0) is 27.0. The number of nitriles is 1. The summed E-state index contributed by atoms with van der Waals surface area (Å²) in [5.41, 5.74) is -0.140. The van der Waals surface area contributed by atoms with E-state index in [2.05, 4.69) is 21.4 Å². The predicted molar refractivity (Wildman–Crippen MR) is 123 cm³/mol. The summed E-state index contributed by atoms with van der Waals surface area (Å²) in [6.45, 7) is 4.61. The molecule has 0 radical (unpaired) electrons. The van der Waals surface area contributed by atoms with E-state index in [0.717, 1.165) is 18.6 Å². The molecule has 1 aromatic carbocycles. The monoisotopic (exact) mass is 522 g/mol. The highest BCUT2D eigenvalue weighted by Crippen LogP contribution is 2.64. The van der Waals surface area contributed by atoms with Crippen LogP contribution >= 0.6 is 0 Å². The molecule has 0 aromatic heterocycles. The summed E-state index contributed by atoms with van der Waals surface area (Å²) < 4.78 is 46.2. The zero-order valence-corrected chi connectivity index (χ0v) is 20.5. The summed E-state index contributed by atoms with van der Waals surface area (Å²) in [6, 6.07) is 5.07. The molecule has 1 aromatic rings. The molecule has 4 rings (SSSR count). The number of ether oxygens (including phenoxy) is 2. The van der Waals surface area contributed by atoms with Crippen LogP contribution in [-0.2, 0) is 14.4 Å². The number of carbonyl (C=O) groups excluding carboxylic acids is 3. The number of nitrogens with one attached hydrogen (secondary N) is 2. The van der Waals surface area contributed by atoms with Gasteiger partial charge in [0, 0.05) is 19.0 Å². The van der Waals surface area contributed by atoms with Crippen molar-refractivity contribution in [2.45, 2.75) is 51.6 Å². The van der Waals surface area contributed by atoms with E-state index in [0.29, 0.717) is 19.5 Å². The van der Waals surface area contributed by atoms with Gasteiger partial charge in [-0.05, 0) is 60.8 Å². The fraction of sp³-hybridized carbons (Fsp3) is 0.600. The van der Waals surface area contributed by atoms with Crippen LogP contribution in [0.15, 0.2) is 24.3 Å². The van der Waals surface area contributed by atoms with Gasteiger partial charge < -0.3 is 25.0 Å². The van der Waals surface area contributed by atoms with Crippen molar-refractivity contribution in [3.63, 3.8) is 0 Å². The van der Waals surface area contributed by atoms with Gasteiger partial charge in [0.1, 0.15) is 23.6 Å². The molecule has 12 heteroatoms. The van der Waals surface area contributed by atoms with E-state index in [1.165, 1.54) is 17.0 Å². The maximum atomic E-state index is 13.3. The Labute approximate surface area is 212 Å². The van der Waals surface area contributed by atoms with Crippen LogP contribution in [-0.4, -0.2) is 60.8 Å². The second-order valence-corrected chi connectivity index (χ2v) is 10.3. The zero-order valence-electron chi connectivity index (χ0n) is 20.5. The Balaban J connectivity index is 1.37. The molecule has 3 amide bonds. The number of hydrogen-bond acceptors (Lipinski definition) is 6. The van der Waals surface area contributed by atoms with Gasteiger partial charge in [-0.25, -0.2) is 0 Å². The van der Waals surface area contributed by atoms with Gasteiger partial charge in [0.15, 0.2) is 6.61 Å². The normalized spacial score (nSPS) is 26.8. The van der Waals surface area contributed by atoms with Crippen LogP contribution in [0, 0.1) is 34.5 Å². The lowest BCUT2D eigenvalue weighted by Crippen LogP contribution is -2.53. The van der Waals surface area contributed by atoms with Gasteiger partial charge in [-0.15, -0.1) is 13.2 Å². The number of hydrogen-bond donors (Lipinski definition) is 2. The number of carbonyl (C=O) groups is 3. The van der Waals surface area contributed by atoms with E-state index >= 15 is 0 Å². The standard InChI is InChI=1S/C25H29F3N4O5/c1-24(2)18-12-32(19(33)13-36-16-5-7-17(8-6-16)37-25(26,27)28)21(20(18)24)23(35)31-15(11-29)10-14-4-3-9-30-22(14)34/h5-8,14-15,18,20-21H,3-4,9-10,12-13H2,1-2H3,(H,30,34)(H,31,35)/t14-,15-,18-,20-,21?/m0/s1. The average Bonchev–Trinajstić information content (AvgIpc) is 3.16. The van der Waals surface area contributed by atoms with Gasteiger partial charge in [0.05, 0.1) is 6.07 Å². The highest BCUT2D eigenvalue weighted by atomic mass is 19.4. The Bertz CT molecular complexity index is 1090. The molecule has 5 atom stereocenters. The number of nitrogens with zero attached hydrogens (tertiary/aromatic N) is 2. The molecule has 37 heavy (non-hydrogen) atoms. The lowest BCUT2D eigenvalue weighted by atomic mass is 9.91. The molecule has 0 spiro atoms. The molecule has 0 bridgehead atoms. The number of likely N-dealkylation sites (tertiary alicyclic amines) is 1. The van der Waals surface area contributed by atoms with Gasteiger partial charge in [-0.2, -0.15) is 5.26 Å². The van der Waals surface area contributed by atoms with E-state index in [1.807, 2.05) is 13.8 Å². The van der Waals surface area contributed by atoms with Crippen LogP contribution in [0.5, 0.6) is 11.5 Å². The van der Waals surface area contributed by atoms with E-state index in [1.54, 1.807) is 0 Å². The summed E-state index contributed by atoms with van der Waals surface area (Å²) in [6.07, 6.45) is -3.16. The van der Waals surface area contributed by atoms with Gasteiger partial charge >= 0.3 is 6.36 Å². The van der Waals surface area contributed by atoms with Crippen molar-refractivity contribution in [2.75, 3.05) is 19.7 Å². The first-order chi connectivity index (χ1) is 17.4. The van der Waals surface area contributed by atoms with Crippen LogP contribution in [0.2, 0.25) is 0 Å². The van der Waals surface area contributed by atoms with Crippen molar-refractivity contribution < 1.29 is 37.0 Å². The van der Waals surface area contributed by atoms with Crippen LogP contribution in [0.1, 0.15) is 33.1 Å². The minimum atomic E-state index is -4.81. The fourth-order valence-electron chi connectivity index (χ4n) is 5.55. The number of fused-ring (bicyclic) bond motifs is 1. The van der Waals surface area contributed by atoms with Gasteiger partial charge in [0.25, 0.3) is 5.91 Å². The SMILES string of the molecule is CC1(C)[C@@H]2C(C(=O)N[C@H](C#N)C[C@@H]3CCCNC3=O)N(C(=O)COc3ccc(OC(F)(F)F)cc3)C[C@@H]21. The molecule has 3 fully saturated rings. The summed E-state index contributed by atoms with van der Waals surface area (Å²) in [4.78, 5) is 39.8. The number of benzene rings is 1. The predicted octanol–water partition coefficient (Wildman–Crippen LogP) is 2.37. The van der Waals surface area contributed by atoms with Crippen LogP contribution in [0.3, 0.4) is 0 Å². The Hall–Kier alpha value is -3.49. The fourth-order valence-corrected chi connectivity index (χ4v) is 5.55. The van der Waals surface area contributed by atoms with E-state index < -0.39 is 42.6 Å². The topological polar surface area (TPSA) is 121 Å². The number of alkyl halides is 3. The molecule has 3 aliphatic rings. The van der Waals surface area contributed by atoms with Crippen molar-refractivity contribution >= 4 is 17.7 Å². The minimum Gasteiger partial charge on any atom is -0.484 e. The molecule has 9 nitrogen and oxygen atoms in total. The van der Waals surface area contributed by atoms with Crippen LogP contribution in [0.4, 0.5) is 13.2 Å². The highest BCUT2D eigenvalue weighted by Gasteiger charge is 2.69. The number of halogens is 3. The molecule has 2 N–H and O–H groups in total. The summed E-state index contributed by atoms with van der Waals surface area (Å²) in [7, 11) is 0. The van der Waals surface area contributed by atoms with E-state index in [9.17, 15) is 32.8 Å². The molecule has 2 heterocycles. The van der Waals surface area contributed by atoms with E-state index in [4.69, 9.17) is 4.74 Å². The van der Waals surface area contributed by atoms with Crippen LogP contribution < -0.4 is 20.1 Å². The van der Waals surface area contributed by atoms with Gasteiger partial charge in [-0.1, -0.05) is 13.8 Å². The summed E-state index contributed by atoms with van der Waals surface area (Å²) in [5.74, 6) is -1.57. The third kappa shape index (κ3) is 5.92. The third-order valence-corrected chi connectivity index (χ3v) is 7.61. The Morgan fingerprint density at radius 3 is 2.57 bits per heavy atom. The van der Waals surface area contributed by atoms with Gasteiger partial charge in [0.2, 0.25) is 11.8 Å².